The summed E-state index contributed by atoms with van der Waals surface area (Å²) in [5.41, 5.74) is 1.75. The molecule has 0 unspecified atom stereocenters. The molecule has 3 aromatic carbocycles. The molecule has 0 aliphatic carbocycles. The molecule has 0 aliphatic rings. The Morgan fingerprint density at radius 3 is 2.32 bits per heavy atom. The topological polar surface area (TPSA) is 75.7 Å². The summed E-state index contributed by atoms with van der Waals surface area (Å²) in [6.07, 6.45) is 0. The summed E-state index contributed by atoms with van der Waals surface area (Å²) in [7, 11) is -0.0772. The minimum absolute atomic E-state index is 0.0991. The molecular weight excluding hydrogens is 376 g/mol. The van der Waals surface area contributed by atoms with Crippen molar-refractivity contribution in [2.75, 3.05) is 25.5 Å². The van der Waals surface area contributed by atoms with Crippen LogP contribution in [0.25, 0.3) is 10.8 Å². The summed E-state index contributed by atoms with van der Waals surface area (Å²) in [5, 5.41) is 1.42. The fourth-order valence-corrected chi connectivity index (χ4v) is 4.10. The van der Waals surface area contributed by atoms with E-state index in [-0.39, 0.29) is 11.5 Å². The van der Waals surface area contributed by atoms with E-state index in [2.05, 4.69) is 4.72 Å². The highest BCUT2D eigenvalue weighted by molar-refractivity contribution is 7.89. The molecule has 3 aromatic rings. The highest BCUT2D eigenvalue weighted by atomic mass is 32.2. The number of carbonyl (C=O) groups is 1. The Morgan fingerprint density at radius 1 is 0.929 bits per heavy atom. The summed E-state index contributed by atoms with van der Waals surface area (Å²) in [6.45, 7) is -0.333. The van der Waals surface area contributed by atoms with Crippen LogP contribution in [-0.2, 0) is 26.2 Å². The van der Waals surface area contributed by atoms with Crippen LogP contribution in [0.2, 0.25) is 0 Å². The van der Waals surface area contributed by atoms with Crippen LogP contribution in [0.1, 0.15) is 5.56 Å². The van der Waals surface area contributed by atoms with Gasteiger partial charge in [0, 0.05) is 30.6 Å². The molecule has 0 amide bonds. The molecule has 0 heterocycles. The quantitative estimate of drug-likeness (QED) is 0.620. The van der Waals surface area contributed by atoms with Gasteiger partial charge in [0.05, 0.1) is 4.90 Å². The molecular formula is C21H22N2O4S. The molecule has 1 N–H and O–H groups in total. The molecule has 0 atom stereocenters. The van der Waals surface area contributed by atoms with Crippen LogP contribution in [0.4, 0.5) is 5.69 Å². The van der Waals surface area contributed by atoms with E-state index < -0.39 is 22.5 Å². The molecule has 0 bridgehead atoms. The molecule has 7 heteroatoms. The third-order valence-corrected chi connectivity index (χ3v) is 5.74. The average Bonchev–Trinajstić information content (AvgIpc) is 2.70. The van der Waals surface area contributed by atoms with E-state index in [4.69, 9.17) is 4.74 Å². The van der Waals surface area contributed by atoms with Gasteiger partial charge in [0.15, 0.2) is 0 Å². The number of ether oxygens (including phenoxy) is 1. The van der Waals surface area contributed by atoms with E-state index in [0.717, 1.165) is 16.6 Å². The summed E-state index contributed by atoms with van der Waals surface area (Å²) in [6, 6.07) is 19.8. The van der Waals surface area contributed by atoms with Crippen molar-refractivity contribution < 1.29 is 17.9 Å². The van der Waals surface area contributed by atoms with Crippen molar-refractivity contribution in [3.8, 4) is 0 Å². The van der Waals surface area contributed by atoms with Crippen molar-refractivity contribution in [1.29, 1.82) is 0 Å². The van der Waals surface area contributed by atoms with Gasteiger partial charge in [0.25, 0.3) is 0 Å². The van der Waals surface area contributed by atoms with Gasteiger partial charge in [0.2, 0.25) is 10.0 Å². The van der Waals surface area contributed by atoms with Gasteiger partial charge in [-0.1, -0.05) is 54.6 Å². The highest BCUT2D eigenvalue weighted by Crippen LogP contribution is 2.30. The average molecular weight is 398 g/mol. The van der Waals surface area contributed by atoms with Gasteiger partial charge in [0.1, 0.15) is 13.2 Å². The SMILES string of the molecule is CN(C)c1cccc2c(S(=O)(=O)NCC(=O)OCc3ccccc3)cccc12. The lowest BCUT2D eigenvalue weighted by atomic mass is 10.1. The molecule has 0 aliphatic heterocycles. The molecule has 146 valence electrons. The number of fused-ring (bicyclic) bond motifs is 1. The minimum atomic E-state index is -3.88. The first-order chi connectivity index (χ1) is 13.4. The fourth-order valence-electron chi connectivity index (χ4n) is 2.91. The monoisotopic (exact) mass is 398 g/mol. The smallest absolute Gasteiger partial charge is 0.321 e. The van der Waals surface area contributed by atoms with Crippen LogP contribution in [0, 0.1) is 0 Å². The van der Waals surface area contributed by atoms with Crippen LogP contribution < -0.4 is 9.62 Å². The Balaban J connectivity index is 1.74. The lowest BCUT2D eigenvalue weighted by molar-refractivity contribution is -0.143. The standard InChI is InChI=1S/C21H22N2O4S/c1-23(2)19-12-6-11-18-17(19)10-7-13-20(18)28(25,26)22-14-21(24)27-15-16-8-4-3-5-9-16/h3-13,22H,14-15H2,1-2H3. The maximum absolute atomic E-state index is 12.8. The van der Waals surface area contributed by atoms with Crippen molar-refractivity contribution in [3.63, 3.8) is 0 Å². The predicted octanol–water partition coefficient (Wildman–Crippen LogP) is 2.93. The lowest BCUT2D eigenvalue weighted by Gasteiger charge is -2.17. The van der Waals surface area contributed by atoms with Crippen LogP contribution in [-0.4, -0.2) is 35.0 Å². The van der Waals surface area contributed by atoms with Crippen LogP contribution in [0.15, 0.2) is 71.6 Å². The Labute approximate surface area is 164 Å². The Bertz CT molecular complexity index is 1080. The Hall–Kier alpha value is -2.90. The van der Waals surface area contributed by atoms with Crippen molar-refractivity contribution in [3.05, 3.63) is 72.3 Å². The van der Waals surface area contributed by atoms with E-state index in [1.807, 2.05) is 67.5 Å². The first-order valence-electron chi connectivity index (χ1n) is 8.77. The maximum Gasteiger partial charge on any atom is 0.321 e. The molecule has 0 saturated heterocycles. The molecule has 3 rings (SSSR count). The zero-order chi connectivity index (χ0) is 20.1. The zero-order valence-corrected chi connectivity index (χ0v) is 16.6. The summed E-state index contributed by atoms with van der Waals surface area (Å²) >= 11 is 0. The maximum atomic E-state index is 12.8. The van der Waals surface area contributed by atoms with E-state index >= 15 is 0 Å². The molecule has 0 aromatic heterocycles. The second-order valence-corrected chi connectivity index (χ2v) is 8.23. The summed E-state index contributed by atoms with van der Waals surface area (Å²) < 4.78 is 33.0. The van der Waals surface area contributed by atoms with Gasteiger partial charge < -0.3 is 9.64 Å². The number of sulfonamides is 1. The second kappa shape index (κ2) is 8.41. The minimum Gasteiger partial charge on any atom is -0.460 e. The highest BCUT2D eigenvalue weighted by Gasteiger charge is 2.19. The molecule has 0 radical (unpaired) electrons. The van der Waals surface area contributed by atoms with Crippen molar-refractivity contribution in [2.45, 2.75) is 11.5 Å². The van der Waals surface area contributed by atoms with Crippen LogP contribution in [0.5, 0.6) is 0 Å². The normalized spacial score (nSPS) is 11.4. The van der Waals surface area contributed by atoms with E-state index in [1.54, 1.807) is 12.1 Å². The number of hydrogen-bond acceptors (Lipinski definition) is 5. The first kappa shape index (κ1) is 19.9. The number of anilines is 1. The predicted molar refractivity (Wildman–Crippen MR) is 110 cm³/mol. The molecule has 6 nitrogen and oxygen atoms in total. The number of esters is 1. The third kappa shape index (κ3) is 4.49. The van der Waals surface area contributed by atoms with E-state index in [9.17, 15) is 13.2 Å². The number of nitrogens with one attached hydrogen (secondary N) is 1. The first-order valence-corrected chi connectivity index (χ1v) is 10.2. The van der Waals surface area contributed by atoms with E-state index in [1.165, 1.54) is 6.07 Å². The lowest BCUT2D eigenvalue weighted by Crippen LogP contribution is -2.30. The molecule has 28 heavy (non-hydrogen) atoms. The van der Waals surface area contributed by atoms with Gasteiger partial charge in [-0.3, -0.25) is 4.79 Å². The molecule has 0 fully saturated rings. The van der Waals surface area contributed by atoms with Gasteiger partial charge in [-0.05, 0) is 17.7 Å². The number of rotatable bonds is 7. The Kier molecular flexibility index (Phi) is 5.96. The fraction of sp³-hybridized carbons (Fsp3) is 0.190. The van der Waals surface area contributed by atoms with Crippen molar-refractivity contribution >= 4 is 32.5 Å². The Morgan fingerprint density at radius 2 is 1.61 bits per heavy atom. The largest absolute Gasteiger partial charge is 0.460 e. The summed E-state index contributed by atoms with van der Waals surface area (Å²) in [4.78, 5) is 14.0. The molecule has 0 saturated carbocycles. The number of nitrogens with zero attached hydrogens (tertiary/aromatic N) is 1. The van der Waals surface area contributed by atoms with Crippen molar-refractivity contribution in [2.24, 2.45) is 0 Å². The zero-order valence-electron chi connectivity index (χ0n) is 15.8. The number of hydrogen-bond donors (Lipinski definition) is 1. The number of benzene rings is 3. The van der Waals surface area contributed by atoms with Crippen LogP contribution in [0.3, 0.4) is 0 Å². The van der Waals surface area contributed by atoms with Crippen molar-refractivity contribution in [1.82, 2.24) is 4.72 Å². The van der Waals surface area contributed by atoms with Gasteiger partial charge in [-0.15, -0.1) is 0 Å². The van der Waals surface area contributed by atoms with Gasteiger partial charge in [-0.2, -0.15) is 4.72 Å². The van der Waals surface area contributed by atoms with Gasteiger partial charge >= 0.3 is 5.97 Å². The number of carbonyl (C=O) groups excluding carboxylic acids is 1. The third-order valence-electron chi connectivity index (χ3n) is 4.28. The second-order valence-electron chi connectivity index (χ2n) is 6.49. The van der Waals surface area contributed by atoms with E-state index in [0.29, 0.717) is 5.39 Å². The summed E-state index contributed by atoms with van der Waals surface area (Å²) in [5.74, 6) is -0.637. The van der Waals surface area contributed by atoms with Crippen LogP contribution >= 0.6 is 0 Å². The molecule has 0 spiro atoms. The van der Waals surface area contributed by atoms with Gasteiger partial charge in [-0.25, -0.2) is 8.42 Å².